The van der Waals surface area contributed by atoms with Gasteiger partial charge in [0.15, 0.2) is 0 Å². The fraction of sp³-hybridized carbons (Fsp3) is 0.667. The monoisotopic (exact) mass is 277 g/mol. The zero-order valence-corrected chi connectivity index (χ0v) is 14.2. The largest absolute Gasteiger partial charge is 0.493 e. The van der Waals surface area contributed by atoms with Gasteiger partial charge in [0.25, 0.3) is 0 Å². The van der Waals surface area contributed by atoms with Crippen molar-refractivity contribution in [2.75, 3.05) is 13.2 Å². The summed E-state index contributed by atoms with van der Waals surface area (Å²) in [5.74, 6) is 1.54. The van der Waals surface area contributed by atoms with Gasteiger partial charge in [0.05, 0.1) is 6.61 Å². The molecule has 1 aromatic rings. The fourth-order valence-corrected chi connectivity index (χ4v) is 2.20. The summed E-state index contributed by atoms with van der Waals surface area (Å²) in [6.45, 7) is 17.1. The molecule has 0 saturated heterocycles. The third kappa shape index (κ3) is 5.54. The molecule has 114 valence electrons. The number of ether oxygens (including phenoxy) is 1. The van der Waals surface area contributed by atoms with Crippen molar-refractivity contribution in [3.05, 3.63) is 29.3 Å². The Kier molecular flexibility index (Phi) is 6.07. The lowest BCUT2D eigenvalue weighted by Gasteiger charge is -2.26. The van der Waals surface area contributed by atoms with Gasteiger partial charge < -0.3 is 10.1 Å². The van der Waals surface area contributed by atoms with Crippen LogP contribution in [0.25, 0.3) is 0 Å². The van der Waals surface area contributed by atoms with Crippen molar-refractivity contribution in [1.29, 1.82) is 0 Å². The summed E-state index contributed by atoms with van der Waals surface area (Å²) in [4.78, 5) is 0. The first kappa shape index (κ1) is 17.0. The number of hydrogen-bond acceptors (Lipinski definition) is 2. The second-order valence-corrected chi connectivity index (χ2v) is 7.16. The van der Waals surface area contributed by atoms with E-state index in [4.69, 9.17) is 4.74 Å². The second kappa shape index (κ2) is 7.12. The van der Waals surface area contributed by atoms with E-state index in [-0.39, 0.29) is 5.41 Å². The van der Waals surface area contributed by atoms with Crippen LogP contribution in [0.3, 0.4) is 0 Å². The van der Waals surface area contributed by atoms with Crippen molar-refractivity contribution >= 4 is 0 Å². The predicted octanol–water partition coefficient (Wildman–Crippen LogP) is 4.52. The highest BCUT2D eigenvalue weighted by Gasteiger charge is 2.19. The number of hydrogen-bond donors (Lipinski definition) is 1. The van der Waals surface area contributed by atoms with Gasteiger partial charge in [-0.15, -0.1) is 0 Å². The van der Waals surface area contributed by atoms with E-state index in [1.54, 1.807) is 0 Å². The molecule has 0 unspecified atom stereocenters. The molecule has 1 aromatic carbocycles. The quantitative estimate of drug-likeness (QED) is 0.791. The zero-order valence-electron chi connectivity index (χ0n) is 14.2. The zero-order chi connectivity index (χ0) is 15.3. The Hall–Kier alpha value is -1.02. The van der Waals surface area contributed by atoms with E-state index in [2.05, 4.69) is 72.0 Å². The highest BCUT2D eigenvalue weighted by Crippen LogP contribution is 2.25. The van der Waals surface area contributed by atoms with Gasteiger partial charge in [-0.25, -0.2) is 0 Å². The van der Waals surface area contributed by atoms with Crippen molar-refractivity contribution in [2.24, 2.45) is 5.41 Å². The summed E-state index contributed by atoms with van der Waals surface area (Å²) >= 11 is 0. The van der Waals surface area contributed by atoms with Crippen LogP contribution in [-0.2, 0) is 0 Å². The Labute approximate surface area is 124 Å². The molecule has 0 fully saturated rings. The van der Waals surface area contributed by atoms with Crippen LogP contribution < -0.4 is 10.1 Å². The lowest BCUT2D eigenvalue weighted by atomic mass is 9.94. The normalized spacial score (nSPS) is 12.2. The van der Waals surface area contributed by atoms with Gasteiger partial charge >= 0.3 is 0 Å². The number of aryl methyl sites for hydroxylation is 1. The van der Waals surface area contributed by atoms with Crippen LogP contribution in [0.1, 0.15) is 58.6 Å². The van der Waals surface area contributed by atoms with E-state index in [1.807, 2.05) is 0 Å². The van der Waals surface area contributed by atoms with Crippen LogP contribution in [0.2, 0.25) is 0 Å². The third-order valence-corrected chi connectivity index (χ3v) is 3.48. The number of benzene rings is 1. The van der Waals surface area contributed by atoms with E-state index in [9.17, 15) is 0 Å². The van der Waals surface area contributed by atoms with Gasteiger partial charge in [-0.05, 0) is 36.1 Å². The fourth-order valence-electron chi connectivity index (χ4n) is 2.20. The van der Waals surface area contributed by atoms with E-state index in [1.165, 1.54) is 11.1 Å². The van der Waals surface area contributed by atoms with Crippen LogP contribution in [-0.4, -0.2) is 19.2 Å². The topological polar surface area (TPSA) is 21.3 Å². The van der Waals surface area contributed by atoms with Crippen LogP contribution in [0.5, 0.6) is 5.75 Å². The molecule has 2 heteroatoms. The maximum Gasteiger partial charge on any atom is 0.119 e. The van der Waals surface area contributed by atoms with Gasteiger partial charge in [0, 0.05) is 18.0 Å². The van der Waals surface area contributed by atoms with E-state index < -0.39 is 0 Å². The molecule has 0 aliphatic carbocycles. The highest BCUT2D eigenvalue weighted by atomic mass is 16.5. The first-order chi connectivity index (χ1) is 9.21. The SMILES string of the molecule is Cc1cc(OCC(C)(C)CNC(C)C)ccc1C(C)C. The lowest BCUT2D eigenvalue weighted by molar-refractivity contribution is 0.173. The molecule has 0 spiro atoms. The van der Waals surface area contributed by atoms with Crippen LogP contribution in [0, 0.1) is 12.3 Å². The van der Waals surface area contributed by atoms with Crippen molar-refractivity contribution in [1.82, 2.24) is 5.32 Å². The molecule has 0 heterocycles. The van der Waals surface area contributed by atoms with Crippen LogP contribution in [0.15, 0.2) is 18.2 Å². The Bertz CT molecular complexity index is 421. The molecule has 0 aliphatic heterocycles. The maximum absolute atomic E-state index is 5.98. The summed E-state index contributed by atoms with van der Waals surface area (Å²) in [5, 5.41) is 3.48. The average Bonchev–Trinajstić information content (AvgIpc) is 2.34. The molecule has 0 saturated carbocycles. The van der Waals surface area contributed by atoms with Gasteiger partial charge in [0.2, 0.25) is 0 Å². The summed E-state index contributed by atoms with van der Waals surface area (Å²) in [6, 6.07) is 6.95. The molecule has 0 radical (unpaired) electrons. The van der Waals surface area contributed by atoms with Gasteiger partial charge in [0.1, 0.15) is 5.75 Å². The molecule has 0 bridgehead atoms. The van der Waals surface area contributed by atoms with E-state index >= 15 is 0 Å². The molecule has 0 aliphatic rings. The molecule has 1 N–H and O–H groups in total. The molecule has 0 atom stereocenters. The second-order valence-electron chi connectivity index (χ2n) is 7.16. The number of nitrogens with one attached hydrogen (secondary N) is 1. The smallest absolute Gasteiger partial charge is 0.119 e. The highest BCUT2D eigenvalue weighted by molar-refractivity contribution is 5.36. The standard InChI is InChI=1S/C18H31NO/c1-13(2)17-9-8-16(10-15(17)5)20-12-18(6,7)11-19-14(3)4/h8-10,13-14,19H,11-12H2,1-7H3. The predicted molar refractivity (Wildman–Crippen MR) is 87.7 cm³/mol. The Morgan fingerprint density at radius 3 is 2.30 bits per heavy atom. The Morgan fingerprint density at radius 1 is 1.15 bits per heavy atom. The summed E-state index contributed by atoms with van der Waals surface area (Å²) < 4.78 is 5.98. The maximum atomic E-state index is 5.98. The minimum Gasteiger partial charge on any atom is -0.493 e. The van der Waals surface area contributed by atoms with Crippen molar-refractivity contribution in [3.63, 3.8) is 0 Å². The Balaban J connectivity index is 2.59. The first-order valence-electron chi connectivity index (χ1n) is 7.68. The third-order valence-electron chi connectivity index (χ3n) is 3.48. The molecular formula is C18H31NO. The van der Waals surface area contributed by atoms with Crippen LogP contribution >= 0.6 is 0 Å². The van der Waals surface area contributed by atoms with E-state index in [0.717, 1.165) is 18.9 Å². The minimum atomic E-state index is 0.134. The van der Waals surface area contributed by atoms with Crippen molar-refractivity contribution < 1.29 is 4.74 Å². The molecule has 0 aromatic heterocycles. The van der Waals surface area contributed by atoms with Crippen molar-refractivity contribution in [2.45, 2.75) is 60.4 Å². The van der Waals surface area contributed by atoms with Gasteiger partial charge in [-0.2, -0.15) is 0 Å². The molecule has 1 rings (SSSR count). The average molecular weight is 277 g/mol. The van der Waals surface area contributed by atoms with Gasteiger partial charge in [-0.1, -0.05) is 47.6 Å². The Morgan fingerprint density at radius 2 is 1.80 bits per heavy atom. The molecule has 0 amide bonds. The lowest BCUT2D eigenvalue weighted by Crippen LogP contribution is -2.37. The molecule has 20 heavy (non-hydrogen) atoms. The number of rotatable bonds is 7. The van der Waals surface area contributed by atoms with E-state index in [0.29, 0.717) is 12.0 Å². The summed E-state index contributed by atoms with van der Waals surface area (Å²) in [6.07, 6.45) is 0. The van der Waals surface area contributed by atoms with Gasteiger partial charge in [-0.3, -0.25) is 0 Å². The minimum absolute atomic E-state index is 0.134. The van der Waals surface area contributed by atoms with Crippen molar-refractivity contribution in [3.8, 4) is 5.75 Å². The summed E-state index contributed by atoms with van der Waals surface area (Å²) in [5.41, 5.74) is 2.85. The molecule has 2 nitrogen and oxygen atoms in total. The first-order valence-corrected chi connectivity index (χ1v) is 7.68. The van der Waals surface area contributed by atoms with Crippen LogP contribution in [0.4, 0.5) is 0 Å². The molecular weight excluding hydrogens is 246 g/mol. The summed E-state index contributed by atoms with van der Waals surface area (Å²) in [7, 11) is 0.